The Hall–Kier alpha value is -3.27. The van der Waals surface area contributed by atoms with Gasteiger partial charge in [-0.2, -0.15) is 4.31 Å². The zero-order valence-electron chi connectivity index (χ0n) is 18.0. The maximum absolute atomic E-state index is 13.3. The fraction of sp³-hybridized carbons (Fsp3) is 0.174. The van der Waals surface area contributed by atoms with E-state index >= 15 is 0 Å². The van der Waals surface area contributed by atoms with E-state index in [4.69, 9.17) is 11.6 Å². The summed E-state index contributed by atoms with van der Waals surface area (Å²) in [6.07, 6.45) is 0. The van der Waals surface area contributed by atoms with E-state index < -0.39 is 27.4 Å². The first-order valence-corrected chi connectivity index (χ1v) is 11.7. The second kappa shape index (κ2) is 10.1. The number of nitro benzene ring substituents is 1. The van der Waals surface area contributed by atoms with E-state index in [9.17, 15) is 23.3 Å². The van der Waals surface area contributed by atoms with Gasteiger partial charge in [-0.25, -0.2) is 8.42 Å². The molecule has 0 saturated heterocycles. The lowest BCUT2D eigenvalue weighted by molar-refractivity contribution is -0.384. The molecule has 0 aliphatic carbocycles. The van der Waals surface area contributed by atoms with Crippen molar-refractivity contribution in [3.8, 4) is 0 Å². The lowest BCUT2D eigenvalue weighted by atomic mass is 10.2. The number of benzene rings is 3. The number of hydrogen-bond acceptors (Lipinski definition) is 5. The maximum atomic E-state index is 13.3. The average Bonchev–Trinajstić information content (AvgIpc) is 2.76. The Kier molecular flexibility index (Phi) is 7.47. The number of nitro groups is 1. The second-order valence-corrected chi connectivity index (χ2v) is 9.89. The molecule has 0 aliphatic heterocycles. The minimum atomic E-state index is -4.01. The summed E-state index contributed by atoms with van der Waals surface area (Å²) in [4.78, 5) is 23.4. The molecule has 0 saturated carbocycles. The molecule has 0 unspecified atom stereocenters. The van der Waals surface area contributed by atoms with Crippen LogP contribution < -0.4 is 5.32 Å². The summed E-state index contributed by atoms with van der Waals surface area (Å²) in [6.45, 7) is 2.99. The molecule has 0 aliphatic rings. The van der Waals surface area contributed by atoms with Crippen molar-refractivity contribution in [2.45, 2.75) is 25.3 Å². The van der Waals surface area contributed by atoms with Gasteiger partial charge in [0.15, 0.2) is 0 Å². The van der Waals surface area contributed by atoms with Gasteiger partial charge >= 0.3 is 0 Å². The smallest absolute Gasteiger partial charge is 0.271 e. The first kappa shape index (κ1) is 24.4. The van der Waals surface area contributed by atoms with Crippen LogP contribution in [0.15, 0.2) is 71.6 Å². The fourth-order valence-corrected chi connectivity index (χ4v) is 4.60. The number of non-ortho nitro benzene ring substituents is 1. The van der Waals surface area contributed by atoms with Gasteiger partial charge in [0, 0.05) is 23.7 Å². The van der Waals surface area contributed by atoms with E-state index in [-0.39, 0.29) is 22.8 Å². The van der Waals surface area contributed by atoms with E-state index in [1.165, 1.54) is 30.3 Å². The molecule has 0 atom stereocenters. The Bertz CT molecular complexity index is 1280. The van der Waals surface area contributed by atoms with Crippen LogP contribution in [0.1, 0.15) is 16.7 Å². The van der Waals surface area contributed by atoms with Gasteiger partial charge in [-0.3, -0.25) is 14.9 Å². The summed E-state index contributed by atoms with van der Waals surface area (Å²) < 4.78 is 27.7. The van der Waals surface area contributed by atoms with E-state index in [0.29, 0.717) is 16.1 Å². The first-order chi connectivity index (χ1) is 15.6. The number of nitrogens with zero attached hydrogens (tertiary/aromatic N) is 2. The number of carbonyl (C=O) groups excluding carboxylic acids is 1. The van der Waals surface area contributed by atoms with Crippen LogP contribution >= 0.6 is 11.6 Å². The molecule has 3 aromatic rings. The molecular formula is C23H22ClN3O5S. The van der Waals surface area contributed by atoms with Crippen molar-refractivity contribution < 1.29 is 18.1 Å². The van der Waals surface area contributed by atoms with E-state index in [2.05, 4.69) is 5.32 Å². The second-order valence-electron chi connectivity index (χ2n) is 7.52. The fourth-order valence-electron chi connectivity index (χ4n) is 3.09. The van der Waals surface area contributed by atoms with Crippen LogP contribution in [-0.2, 0) is 21.4 Å². The zero-order chi connectivity index (χ0) is 24.2. The lowest BCUT2D eigenvalue weighted by Crippen LogP contribution is -2.37. The van der Waals surface area contributed by atoms with Gasteiger partial charge in [-0.05, 0) is 49.2 Å². The molecule has 10 heteroatoms. The van der Waals surface area contributed by atoms with Crippen LogP contribution in [0.5, 0.6) is 0 Å². The molecular weight excluding hydrogens is 466 g/mol. The predicted octanol–water partition coefficient (Wildman–Crippen LogP) is 4.69. The van der Waals surface area contributed by atoms with Crippen molar-refractivity contribution in [2.24, 2.45) is 0 Å². The van der Waals surface area contributed by atoms with Crippen molar-refractivity contribution in [1.29, 1.82) is 0 Å². The number of nitrogens with one attached hydrogen (secondary N) is 1. The van der Waals surface area contributed by atoms with Crippen molar-refractivity contribution in [2.75, 3.05) is 11.9 Å². The largest absolute Gasteiger partial charge is 0.324 e. The van der Waals surface area contributed by atoms with E-state index in [0.717, 1.165) is 9.87 Å². The number of sulfonamides is 1. The van der Waals surface area contributed by atoms with Gasteiger partial charge in [-0.1, -0.05) is 47.5 Å². The molecule has 0 heterocycles. The third-order valence-corrected chi connectivity index (χ3v) is 7.01. The summed E-state index contributed by atoms with van der Waals surface area (Å²) in [6, 6.07) is 17.1. The average molecular weight is 488 g/mol. The first-order valence-electron chi connectivity index (χ1n) is 9.92. The Labute approximate surface area is 197 Å². The Balaban J connectivity index is 1.90. The Morgan fingerprint density at radius 3 is 2.27 bits per heavy atom. The number of carbonyl (C=O) groups is 1. The molecule has 0 spiro atoms. The molecule has 1 N–H and O–H groups in total. The van der Waals surface area contributed by atoms with Gasteiger partial charge < -0.3 is 5.32 Å². The van der Waals surface area contributed by atoms with Gasteiger partial charge in [0.2, 0.25) is 15.9 Å². The molecule has 0 fully saturated rings. The number of halogens is 1. The number of rotatable bonds is 8. The van der Waals surface area contributed by atoms with Gasteiger partial charge in [-0.15, -0.1) is 0 Å². The van der Waals surface area contributed by atoms with Crippen LogP contribution in [-0.4, -0.2) is 30.1 Å². The number of hydrogen-bond donors (Lipinski definition) is 1. The molecule has 8 nitrogen and oxygen atoms in total. The summed E-state index contributed by atoms with van der Waals surface area (Å²) >= 11 is 5.93. The van der Waals surface area contributed by atoms with Crippen LogP contribution in [0.3, 0.4) is 0 Å². The van der Waals surface area contributed by atoms with Crippen LogP contribution in [0, 0.1) is 24.0 Å². The number of aryl methyl sites for hydroxylation is 2. The predicted molar refractivity (Wildman–Crippen MR) is 127 cm³/mol. The van der Waals surface area contributed by atoms with Crippen molar-refractivity contribution >= 4 is 38.9 Å². The van der Waals surface area contributed by atoms with Crippen LogP contribution in [0.4, 0.5) is 11.4 Å². The SMILES string of the molecule is Cc1ccc(S(=O)(=O)N(CC(=O)Nc2cc([N+](=O)[O-])ccc2C)Cc2ccc(Cl)cc2)cc1. The Morgan fingerprint density at radius 1 is 1.03 bits per heavy atom. The van der Waals surface area contributed by atoms with Crippen molar-refractivity contribution in [3.05, 3.63) is 98.6 Å². The molecule has 172 valence electrons. The van der Waals surface area contributed by atoms with Crippen LogP contribution in [0.25, 0.3) is 0 Å². The third kappa shape index (κ3) is 6.16. The molecule has 3 aromatic carbocycles. The molecule has 33 heavy (non-hydrogen) atoms. The number of amides is 1. The minimum Gasteiger partial charge on any atom is -0.324 e. The normalized spacial score (nSPS) is 11.4. The van der Waals surface area contributed by atoms with Crippen LogP contribution in [0.2, 0.25) is 5.02 Å². The maximum Gasteiger partial charge on any atom is 0.271 e. The topological polar surface area (TPSA) is 110 Å². The van der Waals surface area contributed by atoms with Gasteiger partial charge in [0.25, 0.3) is 5.69 Å². The monoisotopic (exact) mass is 487 g/mol. The van der Waals surface area contributed by atoms with Gasteiger partial charge in [0.1, 0.15) is 0 Å². The minimum absolute atomic E-state index is 0.0568. The highest BCUT2D eigenvalue weighted by atomic mass is 35.5. The standard InChI is InChI=1S/C23H22ClN3O5S/c1-16-3-11-21(12-4-16)33(31,32)26(14-18-6-8-19(24)9-7-18)15-23(28)25-22-13-20(27(29)30)10-5-17(22)2/h3-13H,14-15H2,1-2H3,(H,25,28). The molecule has 1 amide bonds. The molecule has 0 aromatic heterocycles. The summed E-state index contributed by atoms with van der Waals surface area (Å²) in [5, 5.41) is 14.2. The van der Waals surface area contributed by atoms with Crippen molar-refractivity contribution in [3.63, 3.8) is 0 Å². The highest BCUT2D eigenvalue weighted by molar-refractivity contribution is 7.89. The molecule has 3 rings (SSSR count). The molecule has 0 bridgehead atoms. The number of anilines is 1. The summed E-state index contributed by atoms with van der Waals surface area (Å²) in [5.41, 5.74) is 2.22. The summed E-state index contributed by atoms with van der Waals surface area (Å²) in [5.74, 6) is -0.622. The lowest BCUT2D eigenvalue weighted by Gasteiger charge is -2.22. The van der Waals surface area contributed by atoms with E-state index in [1.807, 2.05) is 6.92 Å². The highest BCUT2D eigenvalue weighted by Gasteiger charge is 2.27. The van der Waals surface area contributed by atoms with Gasteiger partial charge in [0.05, 0.1) is 22.1 Å². The summed E-state index contributed by atoms with van der Waals surface area (Å²) in [7, 11) is -4.01. The Morgan fingerprint density at radius 2 is 1.67 bits per heavy atom. The highest BCUT2D eigenvalue weighted by Crippen LogP contribution is 2.23. The quantitative estimate of drug-likeness (QED) is 0.366. The van der Waals surface area contributed by atoms with Crippen molar-refractivity contribution in [1.82, 2.24) is 4.31 Å². The van der Waals surface area contributed by atoms with E-state index in [1.54, 1.807) is 43.3 Å². The zero-order valence-corrected chi connectivity index (χ0v) is 19.6. The molecule has 0 radical (unpaired) electrons. The third-order valence-electron chi connectivity index (χ3n) is 4.96.